The van der Waals surface area contributed by atoms with Crippen molar-refractivity contribution in [3.63, 3.8) is 0 Å². The van der Waals surface area contributed by atoms with Crippen LogP contribution in [-0.2, 0) is 9.59 Å². The fraction of sp³-hybridized carbons (Fsp3) is 0.176. The summed E-state index contributed by atoms with van der Waals surface area (Å²) in [6.45, 7) is 3.27. The first kappa shape index (κ1) is 18.6. The lowest BCUT2D eigenvalue weighted by Crippen LogP contribution is -2.22. The Labute approximate surface area is 154 Å². The summed E-state index contributed by atoms with van der Waals surface area (Å²) >= 11 is 13.3. The van der Waals surface area contributed by atoms with Crippen LogP contribution < -0.4 is 10.6 Å². The Morgan fingerprint density at radius 2 is 1.54 bits per heavy atom. The standard InChI is InChI=1S/C17H16Cl2N2O2S/c1-10(17(23)21-15-8-12(18)7-13(19)9-15)24-16-5-3-14(4-6-16)20-11(2)22/h3-10H,1-2H3,(H,20,22)(H,21,23)/t10-/m1/s1. The molecule has 126 valence electrons. The van der Waals surface area contributed by atoms with Crippen LogP contribution in [0.5, 0.6) is 0 Å². The highest BCUT2D eigenvalue weighted by Gasteiger charge is 2.15. The summed E-state index contributed by atoms with van der Waals surface area (Å²) in [5.74, 6) is -0.271. The maximum Gasteiger partial charge on any atom is 0.237 e. The van der Waals surface area contributed by atoms with Gasteiger partial charge in [-0.3, -0.25) is 9.59 Å². The van der Waals surface area contributed by atoms with E-state index in [1.165, 1.54) is 18.7 Å². The van der Waals surface area contributed by atoms with Crippen LogP contribution in [0.2, 0.25) is 10.0 Å². The SMILES string of the molecule is CC(=O)Nc1ccc(S[C@H](C)C(=O)Nc2cc(Cl)cc(Cl)c2)cc1. The quantitative estimate of drug-likeness (QED) is 0.709. The van der Waals surface area contributed by atoms with E-state index in [-0.39, 0.29) is 17.1 Å². The average Bonchev–Trinajstić information content (AvgIpc) is 2.47. The van der Waals surface area contributed by atoms with Crippen molar-refractivity contribution < 1.29 is 9.59 Å². The van der Waals surface area contributed by atoms with Crippen LogP contribution in [0.25, 0.3) is 0 Å². The highest BCUT2D eigenvalue weighted by atomic mass is 35.5. The van der Waals surface area contributed by atoms with Crippen molar-refractivity contribution in [1.29, 1.82) is 0 Å². The van der Waals surface area contributed by atoms with Gasteiger partial charge in [-0.1, -0.05) is 23.2 Å². The maximum absolute atomic E-state index is 12.3. The lowest BCUT2D eigenvalue weighted by molar-refractivity contribution is -0.115. The third-order valence-corrected chi connectivity index (χ3v) is 4.54. The van der Waals surface area contributed by atoms with Gasteiger partial charge in [-0.2, -0.15) is 0 Å². The Morgan fingerprint density at radius 1 is 0.958 bits per heavy atom. The fourth-order valence-electron chi connectivity index (χ4n) is 1.95. The van der Waals surface area contributed by atoms with Gasteiger partial charge in [0.05, 0.1) is 5.25 Å². The van der Waals surface area contributed by atoms with E-state index in [1.54, 1.807) is 30.3 Å². The van der Waals surface area contributed by atoms with E-state index < -0.39 is 0 Å². The minimum atomic E-state index is -0.311. The van der Waals surface area contributed by atoms with E-state index in [0.717, 1.165) is 10.6 Å². The maximum atomic E-state index is 12.3. The molecule has 24 heavy (non-hydrogen) atoms. The number of hydrogen-bond acceptors (Lipinski definition) is 3. The topological polar surface area (TPSA) is 58.2 Å². The van der Waals surface area contributed by atoms with Crippen molar-refractivity contribution in [2.24, 2.45) is 0 Å². The van der Waals surface area contributed by atoms with E-state index in [0.29, 0.717) is 15.7 Å². The molecule has 0 bridgehead atoms. The number of anilines is 2. The molecule has 0 aliphatic rings. The third kappa shape index (κ3) is 5.74. The van der Waals surface area contributed by atoms with Gasteiger partial charge in [-0.15, -0.1) is 11.8 Å². The summed E-state index contributed by atoms with van der Waals surface area (Å²) in [6, 6.07) is 12.2. The van der Waals surface area contributed by atoms with Crippen molar-refractivity contribution in [2.75, 3.05) is 10.6 Å². The summed E-state index contributed by atoms with van der Waals surface area (Å²) in [6.07, 6.45) is 0. The van der Waals surface area contributed by atoms with Gasteiger partial charge in [0.15, 0.2) is 0 Å². The molecule has 0 heterocycles. The van der Waals surface area contributed by atoms with Gasteiger partial charge in [0.2, 0.25) is 11.8 Å². The van der Waals surface area contributed by atoms with Crippen LogP contribution in [-0.4, -0.2) is 17.1 Å². The molecule has 2 amide bonds. The van der Waals surface area contributed by atoms with E-state index in [9.17, 15) is 9.59 Å². The minimum absolute atomic E-state index is 0.122. The van der Waals surface area contributed by atoms with Gasteiger partial charge in [0.25, 0.3) is 0 Å². The number of rotatable bonds is 5. The Balaban J connectivity index is 1.97. The van der Waals surface area contributed by atoms with Gasteiger partial charge in [0, 0.05) is 33.2 Å². The molecular weight excluding hydrogens is 367 g/mol. The Kier molecular flexibility index (Phi) is 6.54. The molecule has 1 atom stereocenters. The lowest BCUT2D eigenvalue weighted by atomic mass is 10.3. The number of nitrogens with one attached hydrogen (secondary N) is 2. The normalized spacial score (nSPS) is 11.7. The molecule has 0 saturated carbocycles. The van der Waals surface area contributed by atoms with E-state index in [1.807, 2.05) is 19.1 Å². The summed E-state index contributed by atoms with van der Waals surface area (Å²) in [5.41, 5.74) is 1.28. The zero-order valence-electron chi connectivity index (χ0n) is 13.1. The third-order valence-electron chi connectivity index (χ3n) is 2.99. The van der Waals surface area contributed by atoms with Crippen LogP contribution in [0.1, 0.15) is 13.8 Å². The second kappa shape index (κ2) is 8.42. The molecule has 4 nitrogen and oxygen atoms in total. The van der Waals surface area contributed by atoms with Gasteiger partial charge < -0.3 is 10.6 Å². The number of thioether (sulfide) groups is 1. The monoisotopic (exact) mass is 382 g/mol. The number of amides is 2. The fourth-order valence-corrected chi connectivity index (χ4v) is 3.34. The zero-order chi connectivity index (χ0) is 17.7. The van der Waals surface area contributed by atoms with Gasteiger partial charge in [-0.05, 0) is 49.4 Å². The summed E-state index contributed by atoms with van der Waals surface area (Å²) < 4.78 is 0. The van der Waals surface area contributed by atoms with Crippen LogP contribution >= 0.6 is 35.0 Å². The first-order chi connectivity index (χ1) is 11.3. The molecular formula is C17H16Cl2N2O2S. The lowest BCUT2D eigenvalue weighted by Gasteiger charge is -2.13. The highest BCUT2D eigenvalue weighted by molar-refractivity contribution is 8.00. The first-order valence-corrected chi connectivity index (χ1v) is 8.78. The van der Waals surface area contributed by atoms with Crippen molar-refractivity contribution in [3.8, 4) is 0 Å². The van der Waals surface area contributed by atoms with Crippen molar-refractivity contribution in [3.05, 3.63) is 52.5 Å². The molecule has 2 aromatic carbocycles. The predicted molar refractivity (Wildman–Crippen MR) is 101 cm³/mol. The number of halogens is 2. The largest absolute Gasteiger partial charge is 0.326 e. The molecule has 0 aromatic heterocycles. The number of benzene rings is 2. The molecule has 0 fully saturated rings. The first-order valence-electron chi connectivity index (χ1n) is 7.15. The zero-order valence-corrected chi connectivity index (χ0v) is 15.4. The Hall–Kier alpha value is -1.69. The summed E-state index contributed by atoms with van der Waals surface area (Å²) in [5, 5.41) is 6.11. The van der Waals surface area contributed by atoms with Crippen LogP contribution in [0.15, 0.2) is 47.4 Å². The average molecular weight is 383 g/mol. The molecule has 2 rings (SSSR count). The number of carbonyl (C=O) groups is 2. The molecule has 2 N–H and O–H groups in total. The molecule has 0 aliphatic carbocycles. The molecule has 0 spiro atoms. The number of hydrogen-bond donors (Lipinski definition) is 2. The predicted octanol–water partition coefficient (Wildman–Crippen LogP) is 5.07. The van der Waals surface area contributed by atoms with E-state index >= 15 is 0 Å². The molecule has 0 unspecified atom stereocenters. The van der Waals surface area contributed by atoms with Crippen molar-refractivity contribution in [2.45, 2.75) is 24.0 Å². The van der Waals surface area contributed by atoms with Crippen LogP contribution in [0.3, 0.4) is 0 Å². The molecule has 0 radical (unpaired) electrons. The second-order valence-corrected chi connectivity index (χ2v) is 7.40. The van der Waals surface area contributed by atoms with Gasteiger partial charge in [-0.25, -0.2) is 0 Å². The highest BCUT2D eigenvalue weighted by Crippen LogP contribution is 2.27. The van der Waals surface area contributed by atoms with E-state index in [4.69, 9.17) is 23.2 Å². The minimum Gasteiger partial charge on any atom is -0.326 e. The summed E-state index contributed by atoms with van der Waals surface area (Å²) in [7, 11) is 0. The van der Waals surface area contributed by atoms with Gasteiger partial charge in [0.1, 0.15) is 0 Å². The van der Waals surface area contributed by atoms with E-state index in [2.05, 4.69) is 10.6 Å². The van der Waals surface area contributed by atoms with Crippen molar-refractivity contribution >= 4 is 58.2 Å². The van der Waals surface area contributed by atoms with Crippen LogP contribution in [0.4, 0.5) is 11.4 Å². The Bertz CT molecular complexity index is 731. The van der Waals surface area contributed by atoms with Crippen molar-refractivity contribution in [1.82, 2.24) is 0 Å². The molecule has 2 aromatic rings. The molecule has 0 saturated heterocycles. The molecule has 0 aliphatic heterocycles. The number of carbonyl (C=O) groups excluding carboxylic acids is 2. The Morgan fingerprint density at radius 3 is 2.08 bits per heavy atom. The summed E-state index contributed by atoms with van der Waals surface area (Å²) in [4.78, 5) is 24.2. The second-order valence-electron chi connectivity index (χ2n) is 5.11. The molecule has 7 heteroatoms. The van der Waals surface area contributed by atoms with Crippen LogP contribution in [0, 0.1) is 0 Å². The van der Waals surface area contributed by atoms with Gasteiger partial charge >= 0.3 is 0 Å². The smallest absolute Gasteiger partial charge is 0.237 e.